The summed E-state index contributed by atoms with van der Waals surface area (Å²) in [5.74, 6) is 1.50. The Hall–Kier alpha value is -1.10. The number of hydrogen-bond acceptors (Lipinski definition) is 5. The maximum Gasteiger partial charge on any atom is 0.308 e. The van der Waals surface area contributed by atoms with Crippen LogP contribution in [0.3, 0.4) is 0 Å². The molecule has 2 rings (SSSR count). The summed E-state index contributed by atoms with van der Waals surface area (Å²) in [5.41, 5.74) is 0. The molecular formula is C17H30O5. The minimum atomic E-state index is -0.303. The van der Waals surface area contributed by atoms with Gasteiger partial charge in [-0.15, -0.1) is 0 Å². The number of esters is 2. The summed E-state index contributed by atoms with van der Waals surface area (Å²) in [5, 5.41) is 0. The Bertz CT molecular complexity index is 377. The van der Waals surface area contributed by atoms with Crippen LogP contribution in [0.1, 0.15) is 54.4 Å². The van der Waals surface area contributed by atoms with Crippen LogP contribution in [0.5, 0.6) is 0 Å². The van der Waals surface area contributed by atoms with Crippen LogP contribution in [0, 0.1) is 23.7 Å². The number of hydrogen-bond donors (Lipinski definition) is 0. The lowest BCUT2D eigenvalue weighted by atomic mass is 9.90. The molecule has 0 unspecified atom stereocenters. The molecule has 0 saturated carbocycles. The monoisotopic (exact) mass is 314 g/mol. The zero-order valence-corrected chi connectivity index (χ0v) is 14.6. The third kappa shape index (κ3) is 5.27. The van der Waals surface area contributed by atoms with Gasteiger partial charge in [0, 0.05) is 18.4 Å². The Balaban J connectivity index is 0.000000224. The number of carbonyl (C=O) groups is 2. The highest BCUT2D eigenvalue weighted by atomic mass is 16.7. The van der Waals surface area contributed by atoms with E-state index in [0.29, 0.717) is 37.2 Å². The van der Waals surface area contributed by atoms with Crippen molar-refractivity contribution in [3.05, 3.63) is 0 Å². The Labute approximate surface area is 133 Å². The second kappa shape index (κ2) is 8.51. The molecule has 0 bridgehead atoms. The van der Waals surface area contributed by atoms with E-state index in [-0.39, 0.29) is 30.3 Å². The van der Waals surface area contributed by atoms with E-state index in [1.165, 1.54) is 0 Å². The molecule has 5 heteroatoms. The Morgan fingerprint density at radius 3 is 1.86 bits per heavy atom. The molecule has 2 aliphatic heterocycles. The quantitative estimate of drug-likeness (QED) is 0.746. The number of cyclic esters (lactones) is 2. The van der Waals surface area contributed by atoms with Crippen LogP contribution in [0.2, 0.25) is 0 Å². The molecule has 0 radical (unpaired) electrons. The van der Waals surface area contributed by atoms with E-state index in [2.05, 4.69) is 27.7 Å². The number of rotatable bonds is 4. The van der Waals surface area contributed by atoms with Crippen molar-refractivity contribution >= 4 is 11.9 Å². The Kier molecular flexibility index (Phi) is 7.33. The molecule has 5 nitrogen and oxygen atoms in total. The average Bonchev–Trinajstić information content (AvgIpc) is 2.93. The first-order valence-electron chi connectivity index (χ1n) is 8.26. The van der Waals surface area contributed by atoms with Gasteiger partial charge < -0.3 is 14.2 Å². The fourth-order valence-electron chi connectivity index (χ4n) is 2.90. The average molecular weight is 314 g/mol. The third-order valence-corrected chi connectivity index (χ3v) is 4.37. The summed E-state index contributed by atoms with van der Waals surface area (Å²) in [6.07, 6.45) is 0.941. The molecule has 2 aliphatic rings. The first kappa shape index (κ1) is 18.9. The second-order valence-electron chi connectivity index (χ2n) is 6.73. The number of ether oxygens (including phenoxy) is 3. The molecule has 4 atom stereocenters. The van der Waals surface area contributed by atoms with Gasteiger partial charge in [0.15, 0.2) is 0 Å². The molecular weight excluding hydrogens is 284 g/mol. The fourth-order valence-corrected chi connectivity index (χ4v) is 2.90. The van der Waals surface area contributed by atoms with Gasteiger partial charge in [-0.3, -0.25) is 9.59 Å². The summed E-state index contributed by atoms with van der Waals surface area (Å²) in [4.78, 5) is 21.7. The van der Waals surface area contributed by atoms with E-state index in [1.54, 1.807) is 0 Å². The molecule has 2 heterocycles. The molecule has 0 amide bonds. The van der Waals surface area contributed by atoms with Crippen LogP contribution in [0.15, 0.2) is 0 Å². The third-order valence-electron chi connectivity index (χ3n) is 4.37. The molecule has 0 aromatic carbocycles. The SMILES string of the molecule is CC(C)[C@H]1CC(=O)O[C@H]1C.CCO[C@@H]1OC(=O)C[C@@H]1C(C)C. The van der Waals surface area contributed by atoms with Gasteiger partial charge in [0.05, 0.1) is 12.8 Å². The van der Waals surface area contributed by atoms with Gasteiger partial charge in [-0.25, -0.2) is 0 Å². The Morgan fingerprint density at radius 2 is 1.50 bits per heavy atom. The zero-order chi connectivity index (χ0) is 16.9. The van der Waals surface area contributed by atoms with Crippen molar-refractivity contribution in [1.29, 1.82) is 0 Å². The summed E-state index contributed by atoms with van der Waals surface area (Å²) >= 11 is 0. The second-order valence-corrected chi connectivity index (χ2v) is 6.73. The maximum absolute atomic E-state index is 10.9. The van der Waals surface area contributed by atoms with Gasteiger partial charge >= 0.3 is 11.9 Å². The van der Waals surface area contributed by atoms with Crippen molar-refractivity contribution in [3.8, 4) is 0 Å². The van der Waals surface area contributed by atoms with Crippen LogP contribution in [0.25, 0.3) is 0 Å². The molecule has 0 N–H and O–H groups in total. The van der Waals surface area contributed by atoms with Crippen molar-refractivity contribution in [2.24, 2.45) is 23.7 Å². The summed E-state index contributed by atoms with van der Waals surface area (Å²) in [6.45, 7) is 12.9. The van der Waals surface area contributed by atoms with E-state index in [4.69, 9.17) is 14.2 Å². The van der Waals surface area contributed by atoms with Gasteiger partial charge in [-0.1, -0.05) is 27.7 Å². The van der Waals surface area contributed by atoms with E-state index < -0.39 is 0 Å². The van der Waals surface area contributed by atoms with Gasteiger partial charge in [0.25, 0.3) is 0 Å². The molecule has 0 spiro atoms. The highest BCUT2D eigenvalue weighted by Gasteiger charge is 2.37. The van der Waals surface area contributed by atoms with E-state index in [0.717, 1.165) is 0 Å². The van der Waals surface area contributed by atoms with Crippen LogP contribution in [0.4, 0.5) is 0 Å². The minimum Gasteiger partial charge on any atom is -0.462 e. The molecule has 22 heavy (non-hydrogen) atoms. The predicted molar refractivity (Wildman–Crippen MR) is 83.0 cm³/mol. The van der Waals surface area contributed by atoms with E-state index >= 15 is 0 Å². The molecule has 2 saturated heterocycles. The van der Waals surface area contributed by atoms with Gasteiger partial charge in [-0.05, 0) is 25.7 Å². The van der Waals surface area contributed by atoms with Crippen LogP contribution in [-0.2, 0) is 23.8 Å². The van der Waals surface area contributed by atoms with Crippen LogP contribution in [-0.4, -0.2) is 30.9 Å². The molecule has 128 valence electrons. The van der Waals surface area contributed by atoms with Gasteiger partial charge in [-0.2, -0.15) is 0 Å². The first-order valence-corrected chi connectivity index (χ1v) is 8.26. The molecule has 0 aromatic rings. The topological polar surface area (TPSA) is 61.8 Å². The predicted octanol–water partition coefficient (Wildman–Crippen LogP) is 3.16. The van der Waals surface area contributed by atoms with E-state index in [9.17, 15) is 9.59 Å². The van der Waals surface area contributed by atoms with Crippen molar-refractivity contribution in [2.75, 3.05) is 6.61 Å². The minimum absolute atomic E-state index is 0.0359. The largest absolute Gasteiger partial charge is 0.462 e. The Morgan fingerprint density at radius 1 is 1.00 bits per heavy atom. The molecule has 0 aromatic heterocycles. The van der Waals surface area contributed by atoms with E-state index in [1.807, 2.05) is 13.8 Å². The normalized spacial score (nSPS) is 31.1. The van der Waals surface area contributed by atoms with Crippen molar-refractivity contribution in [3.63, 3.8) is 0 Å². The molecule has 2 fully saturated rings. The van der Waals surface area contributed by atoms with Crippen molar-refractivity contribution < 1.29 is 23.8 Å². The first-order chi connectivity index (χ1) is 10.3. The van der Waals surface area contributed by atoms with Crippen LogP contribution < -0.4 is 0 Å². The van der Waals surface area contributed by atoms with Gasteiger partial charge in [0.2, 0.25) is 6.29 Å². The summed E-state index contributed by atoms with van der Waals surface area (Å²) in [7, 11) is 0. The highest BCUT2D eigenvalue weighted by molar-refractivity contribution is 5.72. The zero-order valence-electron chi connectivity index (χ0n) is 14.6. The smallest absolute Gasteiger partial charge is 0.308 e. The summed E-state index contributed by atoms with van der Waals surface area (Å²) in [6, 6.07) is 0. The van der Waals surface area contributed by atoms with Crippen molar-refractivity contribution in [2.45, 2.75) is 66.8 Å². The highest BCUT2D eigenvalue weighted by Crippen LogP contribution is 2.29. The lowest BCUT2D eigenvalue weighted by Crippen LogP contribution is -2.23. The molecule has 0 aliphatic carbocycles. The van der Waals surface area contributed by atoms with Gasteiger partial charge in [0.1, 0.15) is 6.10 Å². The lowest BCUT2D eigenvalue weighted by Gasteiger charge is -2.19. The lowest BCUT2D eigenvalue weighted by molar-refractivity contribution is -0.167. The standard InChI is InChI=1S/C9H16O3.C8H14O2/c1-4-11-9-7(6(2)3)5-8(10)12-9;1-5(2)7-4-8(9)10-6(7)3/h6-7,9H,4-5H2,1-3H3;5-7H,4H2,1-3H3/t7-,9-;6-,7+/m10/s1. The number of carbonyl (C=O) groups excluding carboxylic acids is 2. The maximum atomic E-state index is 10.9. The summed E-state index contributed by atoms with van der Waals surface area (Å²) < 4.78 is 15.3. The fraction of sp³-hybridized carbons (Fsp3) is 0.882. The van der Waals surface area contributed by atoms with Crippen molar-refractivity contribution in [1.82, 2.24) is 0 Å². The van der Waals surface area contributed by atoms with Crippen LogP contribution >= 0.6 is 0 Å².